The molecule has 0 heterocycles. The molecule has 0 aromatic heterocycles. The molecule has 2 aliphatic carbocycles. The van der Waals surface area contributed by atoms with Crippen LogP contribution in [0.1, 0.15) is 47.2 Å². The standard InChI is InChI=1S/C23H21F3N2O2/c24-23(25,26)21-12-19(7-6-15(21)13-27)30-20-10-16-8-18(9-17(16)11-20)28-22(29)14-4-2-1-3-5-14/h1-7,12,16-18,20H,8-11H2,(H,28,29). The van der Waals surface area contributed by atoms with E-state index < -0.39 is 17.3 Å². The molecule has 0 bridgehead atoms. The van der Waals surface area contributed by atoms with E-state index in [-0.39, 0.29) is 23.8 Å². The van der Waals surface area contributed by atoms with Crippen molar-refractivity contribution in [3.05, 3.63) is 65.2 Å². The quantitative estimate of drug-likeness (QED) is 0.771. The van der Waals surface area contributed by atoms with E-state index in [1.54, 1.807) is 18.2 Å². The van der Waals surface area contributed by atoms with Crippen molar-refractivity contribution < 1.29 is 22.7 Å². The number of alkyl halides is 3. The van der Waals surface area contributed by atoms with Crippen molar-refractivity contribution in [3.63, 3.8) is 0 Å². The van der Waals surface area contributed by atoms with E-state index in [9.17, 15) is 18.0 Å². The highest BCUT2D eigenvalue weighted by Crippen LogP contribution is 2.45. The molecule has 0 spiro atoms. The van der Waals surface area contributed by atoms with Crippen LogP contribution in [0.3, 0.4) is 0 Å². The molecule has 2 saturated carbocycles. The van der Waals surface area contributed by atoms with Crippen molar-refractivity contribution in [3.8, 4) is 11.8 Å². The molecule has 2 fully saturated rings. The van der Waals surface area contributed by atoms with Gasteiger partial charge in [0, 0.05) is 11.6 Å². The van der Waals surface area contributed by atoms with Gasteiger partial charge in [0.1, 0.15) is 5.75 Å². The highest BCUT2D eigenvalue weighted by atomic mass is 19.4. The summed E-state index contributed by atoms with van der Waals surface area (Å²) < 4.78 is 45.3. The molecule has 156 valence electrons. The Morgan fingerprint density at radius 3 is 2.30 bits per heavy atom. The number of halogens is 3. The number of ether oxygens (including phenoxy) is 1. The molecule has 2 unspecified atom stereocenters. The lowest BCUT2D eigenvalue weighted by molar-refractivity contribution is -0.137. The number of nitriles is 1. The van der Waals surface area contributed by atoms with Gasteiger partial charge in [-0.15, -0.1) is 0 Å². The smallest absolute Gasteiger partial charge is 0.417 e. The van der Waals surface area contributed by atoms with E-state index in [0.717, 1.165) is 37.8 Å². The summed E-state index contributed by atoms with van der Waals surface area (Å²) in [5, 5.41) is 12.0. The summed E-state index contributed by atoms with van der Waals surface area (Å²) >= 11 is 0. The Balaban J connectivity index is 1.34. The Hall–Kier alpha value is -3.01. The van der Waals surface area contributed by atoms with Gasteiger partial charge in [-0.25, -0.2) is 0 Å². The van der Waals surface area contributed by atoms with Crippen molar-refractivity contribution in [1.82, 2.24) is 5.32 Å². The van der Waals surface area contributed by atoms with E-state index in [4.69, 9.17) is 10.00 Å². The third kappa shape index (κ3) is 4.28. The average Bonchev–Trinajstić information content (AvgIpc) is 3.25. The van der Waals surface area contributed by atoms with Crippen LogP contribution in [-0.2, 0) is 6.18 Å². The van der Waals surface area contributed by atoms with Crippen molar-refractivity contribution in [2.45, 2.75) is 44.0 Å². The average molecular weight is 414 g/mol. The first-order valence-corrected chi connectivity index (χ1v) is 9.97. The predicted molar refractivity (Wildman–Crippen MR) is 104 cm³/mol. The van der Waals surface area contributed by atoms with Crippen LogP contribution >= 0.6 is 0 Å². The van der Waals surface area contributed by atoms with Crippen LogP contribution in [-0.4, -0.2) is 18.1 Å². The molecule has 4 nitrogen and oxygen atoms in total. The maximum Gasteiger partial charge on any atom is 0.417 e. The molecule has 1 amide bonds. The summed E-state index contributed by atoms with van der Waals surface area (Å²) in [5.74, 6) is 0.832. The van der Waals surface area contributed by atoms with Gasteiger partial charge in [-0.05, 0) is 67.9 Å². The van der Waals surface area contributed by atoms with Crippen LogP contribution in [0.4, 0.5) is 13.2 Å². The minimum atomic E-state index is -4.60. The maximum atomic E-state index is 13.1. The highest BCUT2D eigenvalue weighted by Gasteiger charge is 2.43. The van der Waals surface area contributed by atoms with Crippen LogP contribution in [0.15, 0.2) is 48.5 Å². The fraction of sp³-hybridized carbons (Fsp3) is 0.391. The Morgan fingerprint density at radius 1 is 1.03 bits per heavy atom. The Labute approximate surface area is 172 Å². The molecule has 2 aliphatic rings. The molecule has 7 heteroatoms. The number of nitrogens with one attached hydrogen (secondary N) is 1. The molecular weight excluding hydrogens is 393 g/mol. The van der Waals surface area contributed by atoms with Gasteiger partial charge in [0.25, 0.3) is 5.91 Å². The minimum Gasteiger partial charge on any atom is -0.490 e. The molecule has 0 aliphatic heterocycles. The van der Waals surface area contributed by atoms with Crippen LogP contribution in [0.25, 0.3) is 0 Å². The van der Waals surface area contributed by atoms with Gasteiger partial charge in [0.2, 0.25) is 0 Å². The number of carbonyl (C=O) groups is 1. The summed E-state index contributed by atoms with van der Waals surface area (Å²) in [4.78, 5) is 12.3. The minimum absolute atomic E-state index is 0.0781. The summed E-state index contributed by atoms with van der Waals surface area (Å²) in [6.07, 6.45) is -1.54. The Morgan fingerprint density at radius 2 is 1.70 bits per heavy atom. The largest absolute Gasteiger partial charge is 0.490 e. The van der Waals surface area contributed by atoms with E-state index in [0.29, 0.717) is 17.4 Å². The number of fused-ring (bicyclic) bond motifs is 1. The lowest BCUT2D eigenvalue weighted by Crippen LogP contribution is -2.33. The lowest BCUT2D eigenvalue weighted by Gasteiger charge is -2.19. The van der Waals surface area contributed by atoms with Crippen LogP contribution < -0.4 is 10.1 Å². The molecule has 1 N–H and O–H groups in total. The molecule has 0 saturated heterocycles. The monoisotopic (exact) mass is 414 g/mol. The fourth-order valence-corrected chi connectivity index (χ4v) is 4.75. The van der Waals surface area contributed by atoms with Gasteiger partial charge in [-0.3, -0.25) is 4.79 Å². The first kappa shape index (κ1) is 20.3. The normalized spacial score (nSPS) is 25.4. The SMILES string of the molecule is N#Cc1ccc(OC2CC3CC(NC(=O)c4ccccc4)CC3C2)cc1C(F)(F)F. The lowest BCUT2D eigenvalue weighted by atomic mass is 10.0. The van der Waals surface area contributed by atoms with Crippen LogP contribution in [0, 0.1) is 23.2 Å². The predicted octanol–water partition coefficient (Wildman–Crippen LogP) is 4.94. The Kier molecular flexibility index (Phi) is 5.42. The van der Waals surface area contributed by atoms with Crippen molar-refractivity contribution in [2.24, 2.45) is 11.8 Å². The molecule has 4 rings (SSSR count). The van der Waals surface area contributed by atoms with Gasteiger partial charge in [0.05, 0.1) is 23.3 Å². The van der Waals surface area contributed by atoms with E-state index in [1.807, 2.05) is 18.2 Å². The van der Waals surface area contributed by atoms with Gasteiger partial charge in [0.15, 0.2) is 0 Å². The van der Waals surface area contributed by atoms with E-state index >= 15 is 0 Å². The number of amides is 1. The number of carbonyl (C=O) groups excluding carboxylic acids is 1. The number of rotatable bonds is 4. The maximum absolute atomic E-state index is 13.1. The summed E-state index contributed by atoms with van der Waals surface area (Å²) in [6, 6.07) is 14.3. The molecule has 2 aromatic rings. The third-order valence-electron chi connectivity index (χ3n) is 6.06. The first-order valence-electron chi connectivity index (χ1n) is 9.97. The van der Waals surface area contributed by atoms with Crippen LogP contribution in [0.2, 0.25) is 0 Å². The third-order valence-corrected chi connectivity index (χ3v) is 6.06. The topological polar surface area (TPSA) is 62.1 Å². The zero-order valence-electron chi connectivity index (χ0n) is 16.2. The summed E-state index contributed by atoms with van der Waals surface area (Å²) in [6.45, 7) is 0. The first-order chi connectivity index (χ1) is 14.3. The van der Waals surface area contributed by atoms with E-state index in [2.05, 4.69) is 5.32 Å². The number of benzene rings is 2. The van der Waals surface area contributed by atoms with Gasteiger partial charge >= 0.3 is 6.18 Å². The van der Waals surface area contributed by atoms with E-state index in [1.165, 1.54) is 6.07 Å². The second kappa shape index (κ2) is 8.02. The second-order valence-corrected chi connectivity index (χ2v) is 8.06. The second-order valence-electron chi connectivity index (χ2n) is 8.06. The molecular formula is C23H21F3N2O2. The molecule has 30 heavy (non-hydrogen) atoms. The van der Waals surface area contributed by atoms with Crippen LogP contribution in [0.5, 0.6) is 5.75 Å². The van der Waals surface area contributed by atoms with Gasteiger partial charge in [-0.1, -0.05) is 18.2 Å². The van der Waals surface area contributed by atoms with Gasteiger partial charge in [-0.2, -0.15) is 18.4 Å². The van der Waals surface area contributed by atoms with Crippen molar-refractivity contribution in [2.75, 3.05) is 0 Å². The highest BCUT2D eigenvalue weighted by molar-refractivity contribution is 5.94. The number of nitrogens with zero attached hydrogens (tertiary/aromatic N) is 1. The van der Waals surface area contributed by atoms with Crippen molar-refractivity contribution >= 4 is 5.91 Å². The molecule has 2 atom stereocenters. The Bertz CT molecular complexity index is 955. The van der Waals surface area contributed by atoms with Crippen molar-refractivity contribution in [1.29, 1.82) is 5.26 Å². The molecule has 0 radical (unpaired) electrons. The van der Waals surface area contributed by atoms with Gasteiger partial charge < -0.3 is 10.1 Å². The number of hydrogen-bond acceptors (Lipinski definition) is 3. The number of hydrogen-bond donors (Lipinski definition) is 1. The molecule has 2 aromatic carbocycles. The summed E-state index contributed by atoms with van der Waals surface area (Å²) in [5.41, 5.74) is -0.739. The zero-order chi connectivity index (χ0) is 21.3. The summed E-state index contributed by atoms with van der Waals surface area (Å²) in [7, 11) is 0. The fourth-order valence-electron chi connectivity index (χ4n) is 4.75. The zero-order valence-corrected chi connectivity index (χ0v) is 16.2.